The van der Waals surface area contributed by atoms with Crippen molar-refractivity contribution < 1.29 is 9.90 Å². The predicted molar refractivity (Wildman–Crippen MR) is 68.9 cm³/mol. The van der Waals surface area contributed by atoms with Crippen LogP contribution in [0.1, 0.15) is 13.8 Å². The van der Waals surface area contributed by atoms with Crippen LogP contribution in [-0.4, -0.2) is 30.8 Å². The minimum absolute atomic E-state index is 0.541. The number of nitrogens with zero attached hydrogens (tertiary/aromatic N) is 2. The van der Waals surface area contributed by atoms with E-state index in [1.54, 1.807) is 0 Å². The van der Waals surface area contributed by atoms with Crippen molar-refractivity contribution in [1.29, 1.82) is 0 Å². The molecule has 92 valence electrons. The fourth-order valence-electron chi connectivity index (χ4n) is 2.25. The molecule has 1 amide bonds. The minimum atomic E-state index is -0.873. The fourth-order valence-corrected chi connectivity index (χ4v) is 2.25. The Kier molecular flexibility index (Phi) is 3.22. The Balaban J connectivity index is 2.33. The van der Waals surface area contributed by atoms with Crippen LogP contribution < -0.4 is 9.80 Å². The number of carbonyl (C=O) groups is 1. The molecule has 1 aromatic rings. The second kappa shape index (κ2) is 4.65. The summed E-state index contributed by atoms with van der Waals surface area (Å²) in [7, 11) is 0. The van der Waals surface area contributed by atoms with Gasteiger partial charge in [0.05, 0.1) is 11.4 Å². The molecule has 0 bridgehead atoms. The van der Waals surface area contributed by atoms with Gasteiger partial charge in [0.2, 0.25) is 0 Å². The molecule has 4 nitrogen and oxygen atoms in total. The van der Waals surface area contributed by atoms with Crippen molar-refractivity contribution in [2.24, 2.45) is 5.92 Å². The molecule has 0 aliphatic carbocycles. The van der Waals surface area contributed by atoms with E-state index in [-0.39, 0.29) is 0 Å². The highest BCUT2D eigenvalue weighted by Crippen LogP contribution is 2.33. The summed E-state index contributed by atoms with van der Waals surface area (Å²) in [6.07, 6.45) is -0.873. The van der Waals surface area contributed by atoms with Crippen LogP contribution in [0.2, 0.25) is 0 Å². The second-order valence-corrected chi connectivity index (χ2v) is 4.76. The van der Waals surface area contributed by atoms with E-state index >= 15 is 0 Å². The summed E-state index contributed by atoms with van der Waals surface area (Å²) in [5.41, 5.74) is 1.82. The Labute approximate surface area is 101 Å². The van der Waals surface area contributed by atoms with Gasteiger partial charge in [0.25, 0.3) is 0 Å². The van der Waals surface area contributed by atoms with Crippen LogP contribution >= 0.6 is 0 Å². The summed E-state index contributed by atoms with van der Waals surface area (Å²) in [5.74, 6) is 0.569. The summed E-state index contributed by atoms with van der Waals surface area (Å²) in [6, 6.07) is 7.70. The van der Waals surface area contributed by atoms with Crippen LogP contribution in [0.15, 0.2) is 24.3 Å². The molecular weight excluding hydrogens is 216 g/mol. The van der Waals surface area contributed by atoms with Gasteiger partial charge in [-0.3, -0.25) is 4.90 Å². The van der Waals surface area contributed by atoms with E-state index in [1.165, 1.54) is 4.90 Å². The number of hydrogen-bond donors (Lipinski definition) is 1. The molecule has 0 spiro atoms. The summed E-state index contributed by atoms with van der Waals surface area (Å²) < 4.78 is 0. The maximum absolute atomic E-state index is 11.2. The quantitative estimate of drug-likeness (QED) is 0.855. The Morgan fingerprint density at radius 3 is 2.53 bits per heavy atom. The first-order chi connectivity index (χ1) is 8.09. The Morgan fingerprint density at radius 1 is 1.29 bits per heavy atom. The van der Waals surface area contributed by atoms with Gasteiger partial charge < -0.3 is 10.0 Å². The first kappa shape index (κ1) is 11.8. The SMILES string of the molecule is CC(C)CN1CCN(C(=O)O)c2ccccc21. The molecule has 4 heteroatoms. The van der Waals surface area contributed by atoms with E-state index in [2.05, 4.69) is 18.7 Å². The van der Waals surface area contributed by atoms with Crippen molar-refractivity contribution in [2.45, 2.75) is 13.8 Å². The van der Waals surface area contributed by atoms with E-state index in [4.69, 9.17) is 5.11 Å². The van der Waals surface area contributed by atoms with Crippen LogP contribution in [0.25, 0.3) is 0 Å². The number of benzene rings is 1. The molecule has 2 rings (SSSR count). The van der Waals surface area contributed by atoms with Crippen molar-refractivity contribution in [3.63, 3.8) is 0 Å². The van der Waals surface area contributed by atoms with Gasteiger partial charge in [-0.05, 0) is 18.1 Å². The van der Waals surface area contributed by atoms with E-state index in [9.17, 15) is 4.79 Å². The molecule has 1 aliphatic rings. The average Bonchev–Trinajstić information content (AvgIpc) is 2.28. The maximum Gasteiger partial charge on any atom is 0.411 e. The number of carboxylic acid groups (broad SMARTS) is 1. The highest BCUT2D eigenvalue weighted by molar-refractivity contribution is 5.92. The van der Waals surface area contributed by atoms with Crippen LogP contribution in [-0.2, 0) is 0 Å². The zero-order valence-electron chi connectivity index (χ0n) is 10.3. The molecule has 0 unspecified atom stereocenters. The van der Waals surface area contributed by atoms with Gasteiger partial charge >= 0.3 is 6.09 Å². The van der Waals surface area contributed by atoms with E-state index < -0.39 is 6.09 Å². The lowest BCUT2D eigenvalue weighted by Crippen LogP contribution is -2.44. The van der Waals surface area contributed by atoms with Crippen molar-refractivity contribution in [1.82, 2.24) is 0 Å². The fraction of sp³-hybridized carbons (Fsp3) is 0.462. The first-order valence-electron chi connectivity index (χ1n) is 5.94. The lowest BCUT2D eigenvalue weighted by molar-refractivity contribution is 0.201. The molecule has 1 aliphatic heterocycles. The lowest BCUT2D eigenvalue weighted by atomic mass is 10.1. The first-order valence-corrected chi connectivity index (χ1v) is 5.94. The molecule has 17 heavy (non-hydrogen) atoms. The Morgan fingerprint density at radius 2 is 1.94 bits per heavy atom. The molecule has 0 saturated carbocycles. The maximum atomic E-state index is 11.2. The zero-order chi connectivity index (χ0) is 12.4. The summed E-state index contributed by atoms with van der Waals surface area (Å²) in [5, 5.41) is 9.16. The Bertz CT molecular complexity index is 418. The number of rotatable bonds is 2. The highest BCUT2D eigenvalue weighted by Gasteiger charge is 2.26. The standard InChI is InChI=1S/C13H18N2O2/c1-10(2)9-14-7-8-15(13(16)17)12-6-4-3-5-11(12)14/h3-6,10H,7-9H2,1-2H3,(H,16,17). The third-order valence-electron chi connectivity index (χ3n) is 2.92. The van der Waals surface area contributed by atoms with Gasteiger partial charge in [-0.25, -0.2) is 4.79 Å². The van der Waals surface area contributed by atoms with Crippen molar-refractivity contribution in [3.8, 4) is 0 Å². The van der Waals surface area contributed by atoms with Gasteiger partial charge in [0.1, 0.15) is 0 Å². The molecule has 1 aromatic carbocycles. The third-order valence-corrected chi connectivity index (χ3v) is 2.92. The molecule has 1 N–H and O–H groups in total. The van der Waals surface area contributed by atoms with Crippen LogP contribution in [0.3, 0.4) is 0 Å². The van der Waals surface area contributed by atoms with Crippen LogP contribution in [0, 0.1) is 5.92 Å². The van der Waals surface area contributed by atoms with Crippen LogP contribution in [0.5, 0.6) is 0 Å². The molecule has 1 heterocycles. The van der Waals surface area contributed by atoms with Gasteiger partial charge in [-0.15, -0.1) is 0 Å². The summed E-state index contributed by atoms with van der Waals surface area (Å²) in [6.45, 7) is 6.61. The average molecular weight is 234 g/mol. The normalized spacial score (nSPS) is 15.0. The van der Waals surface area contributed by atoms with E-state index in [0.29, 0.717) is 12.5 Å². The largest absolute Gasteiger partial charge is 0.465 e. The lowest BCUT2D eigenvalue weighted by Gasteiger charge is -2.37. The molecule has 0 saturated heterocycles. The van der Waals surface area contributed by atoms with Gasteiger partial charge in [0.15, 0.2) is 0 Å². The van der Waals surface area contributed by atoms with Gasteiger partial charge in [-0.2, -0.15) is 0 Å². The van der Waals surface area contributed by atoms with E-state index in [1.807, 2.05) is 24.3 Å². The monoisotopic (exact) mass is 234 g/mol. The van der Waals surface area contributed by atoms with Crippen molar-refractivity contribution >= 4 is 17.5 Å². The number of fused-ring (bicyclic) bond motifs is 1. The Hall–Kier alpha value is -1.71. The number of para-hydroxylation sites is 2. The van der Waals surface area contributed by atoms with Crippen molar-refractivity contribution in [3.05, 3.63) is 24.3 Å². The van der Waals surface area contributed by atoms with Crippen LogP contribution in [0.4, 0.5) is 16.2 Å². The minimum Gasteiger partial charge on any atom is -0.465 e. The molecule has 0 aromatic heterocycles. The highest BCUT2D eigenvalue weighted by atomic mass is 16.4. The topological polar surface area (TPSA) is 43.8 Å². The number of hydrogen-bond acceptors (Lipinski definition) is 2. The second-order valence-electron chi connectivity index (χ2n) is 4.76. The van der Waals surface area contributed by atoms with Gasteiger partial charge in [0, 0.05) is 19.6 Å². The van der Waals surface area contributed by atoms with Crippen molar-refractivity contribution in [2.75, 3.05) is 29.4 Å². The molecule has 0 atom stereocenters. The summed E-state index contributed by atoms with van der Waals surface area (Å²) >= 11 is 0. The summed E-state index contributed by atoms with van der Waals surface area (Å²) in [4.78, 5) is 14.8. The number of amides is 1. The predicted octanol–water partition coefficient (Wildman–Crippen LogP) is 2.65. The molecule has 0 fully saturated rings. The third kappa shape index (κ3) is 2.35. The molecule has 0 radical (unpaired) electrons. The molecular formula is C13H18N2O2. The number of anilines is 2. The van der Waals surface area contributed by atoms with Gasteiger partial charge in [-0.1, -0.05) is 26.0 Å². The van der Waals surface area contributed by atoms with E-state index in [0.717, 1.165) is 24.5 Å². The zero-order valence-corrected chi connectivity index (χ0v) is 10.3. The smallest absolute Gasteiger partial charge is 0.411 e.